The quantitative estimate of drug-likeness (QED) is 0.725. The number of benzene rings is 2. The zero-order valence-corrected chi connectivity index (χ0v) is 14.4. The molecule has 0 radical (unpaired) electrons. The van der Waals surface area contributed by atoms with E-state index in [2.05, 4.69) is 31.4 Å². The van der Waals surface area contributed by atoms with E-state index in [1.54, 1.807) is 31.4 Å². The molecule has 122 valence electrons. The maximum atomic E-state index is 12.1. The monoisotopic (exact) mass is 387 g/mol. The molecule has 6 nitrogen and oxygen atoms in total. The number of carbonyl (C=O) groups is 1. The minimum absolute atomic E-state index is 0.155. The molecule has 1 amide bonds. The normalized spacial score (nSPS) is 10.4. The van der Waals surface area contributed by atoms with Crippen molar-refractivity contribution < 1.29 is 13.9 Å². The Balaban J connectivity index is 1.67. The van der Waals surface area contributed by atoms with Crippen LogP contribution >= 0.6 is 15.9 Å². The van der Waals surface area contributed by atoms with Crippen molar-refractivity contribution in [3.05, 3.63) is 64.5 Å². The maximum Gasteiger partial charge on any atom is 0.251 e. The molecule has 1 heterocycles. The summed E-state index contributed by atoms with van der Waals surface area (Å²) in [6, 6.07) is 14.4. The van der Waals surface area contributed by atoms with Crippen molar-refractivity contribution in [1.29, 1.82) is 0 Å². The van der Waals surface area contributed by atoms with Crippen LogP contribution in [-0.2, 0) is 6.54 Å². The average molecular weight is 388 g/mol. The minimum Gasteiger partial charge on any atom is -0.497 e. The standard InChI is InChI=1S/C17H14BrN3O3/c1-23-14-7-3-5-12(9-14)17-21-20-15(24-17)10-19-16(22)11-4-2-6-13(18)8-11/h2-9H,10H2,1H3,(H,19,22). The van der Waals surface area contributed by atoms with E-state index in [0.29, 0.717) is 23.1 Å². The van der Waals surface area contributed by atoms with Gasteiger partial charge in [-0.25, -0.2) is 0 Å². The molecule has 0 unspecified atom stereocenters. The molecule has 3 aromatic rings. The highest BCUT2D eigenvalue weighted by Crippen LogP contribution is 2.22. The van der Waals surface area contributed by atoms with Crippen molar-refractivity contribution in [1.82, 2.24) is 15.5 Å². The summed E-state index contributed by atoms with van der Waals surface area (Å²) in [4.78, 5) is 12.1. The molecule has 1 aromatic heterocycles. The van der Waals surface area contributed by atoms with E-state index in [9.17, 15) is 4.79 Å². The molecule has 2 aromatic carbocycles. The topological polar surface area (TPSA) is 77.3 Å². The SMILES string of the molecule is COc1cccc(-c2nnc(CNC(=O)c3cccc(Br)c3)o2)c1. The molecule has 3 rings (SSSR count). The van der Waals surface area contributed by atoms with E-state index in [4.69, 9.17) is 9.15 Å². The molecule has 0 aliphatic carbocycles. The Hall–Kier alpha value is -2.67. The lowest BCUT2D eigenvalue weighted by atomic mass is 10.2. The first-order chi connectivity index (χ1) is 11.7. The van der Waals surface area contributed by atoms with Gasteiger partial charge in [-0.15, -0.1) is 10.2 Å². The van der Waals surface area contributed by atoms with E-state index in [-0.39, 0.29) is 12.5 Å². The molecule has 0 fully saturated rings. The highest BCUT2D eigenvalue weighted by Gasteiger charge is 2.11. The Bertz CT molecular complexity index is 864. The van der Waals surface area contributed by atoms with Crippen molar-refractivity contribution in [3.63, 3.8) is 0 Å². The number of amides is 1. The fourth-order valence-electron chi connectivity index (χ4n) is 2.09. The maximum absolute atomic E-state index is 12.1. The van der Waals surface area contributed by atoms with E-state index < -0.39 is 0 Å². The number of hydrogen-bond acceptors (Lipinski definition) is 5. The van der Waals surface area contributed by atoms with Crippen LogP contribution in [0.2, 0.25) is 0 Å². The first-order valence-electron chi connectivity index (χ1n) is 7.16. The number of nitrogens with zero attached hydrogens (tertiary/aromatic N) is 2. The minimum atomic E-state index is -0.211. The lowest BCUT2D eigenvalue weighted by molar-refractivity contribution is 0.0947. The molecule has 0 atom stereocenters. The Morgan fingerprint density at radius 3 is 2.83 bits per heavy atom. The average Bonchev–Trinajstić information content (AvgIpc) is 3.09. The molecule has 7 heteroatoms. The summed E-state index contributed by atoms with van der Waals surface area (Å²) in [6.45, 7) is 0.155. The number of nitrogens with one attached hydrogen (secondary N) is 1. The fourth-order valence-corrected chi connectivity index (χ4v) is 2.48. The van der Waals surface area contributed by atoms with Gasteiger partial charge in [0, 0.05) is 15.6 Å². The van der Waals surface area contributed by atoms with Gasteiger partial charge in [-0.3, -0.25) is 4.79 Å². The predicted octanol–water partition coefficient (Wildman–Crippen LogP) is 3.44. The fraction of sp³-hybridized carbons (Fsp3) is 0.118. The predicted molar refractivity (Wildman–Crippen MR) is 91.6 cm³/mol. The van der Waals surface area contributed by atoms with Crippen molar-refractivity contribution in [2.75, 3.05) is 7.11 Å². The molecule has 0 saturated heterocycles. The van der Waals surface area contributed by atoms with E-state index in [0.717, 1.165) is 10.0 Å². The summed E-state index contributed by atoms with van der Waals surface area (Å²) >= 11 is 3.34. The van der Waals surface area contributed by atoms with Crippen molar-refractivity contribution in [2.24, 2.45) is 0 Å². The molecule has 24 heavy (non-hydrogen) atoms. The first kappa shape index (κ1) is 16.2. The van der Waals surface area contributed by atoms with Crippen molar-refractivity contribution >= 4 is 21.8 Å². The number of aromatic nitrogens is 2. The molecule has 0 spiro atoms. The molecular formula is C17H14BrN3O3. The highest BCUT2D eigenvalue weighted by atomic mass is 79.9. The van der Waals surface area contributed by atoms with E-state index in [1.165, 1.54) is 0 Å². The molecule has 0 aliphatic heterocycles. The molecule has 1 N–H and O–H groups in total. The third kappa shape index (κ3) is 3.80. The Kier molecular flexibility index (Phi) is 4.90. The van der Waals surface area contributed by atoms with Gasteiger partial charge in [-0.2, -0.15) is 0 Å². The van der Waals surface area contributed by atoms with Crippen LogP contribution in [0.3, 0.4) is 0 Å². The van der Waals surface area contributed by atoms with Crippen molar-refractivity contribution in [2.45, 2.75) is 6.54 Å². The Labute approximate surface area is 147 Å². The number of methoxy groups -OCH3 is 1. The summed E-state index contributed by atoms with van der Waals surface area (Å²) in [5.41, 5.74) is 1.31. The highest BCUT2D eigenvalue weighted by molar-refractivity contribution is 9.10. The van der Waals surface area contributed by atoms with Crippen LogP contribution in [0.15, 0.2) is 57.4 Å². The first-order valence-corrected chi connectivity index (χ1v) is 7.95. The van der Waals surface area contributed by atoms with Gasteiger partial charge in [0.15, 0.2) is 0 Å². The van der Waals surface area contributed by atoms with Crippen LogP contribution in [0, 0.1) is 0 Å². The van der Waals surface area contributed by atoms with E-state index in [1.807, 2.05) is 24.3 Å². The molecule has 0 bridgehead atoms. The Morgan fingerprint density at radius 1 is 1.21 bits per heavy atom. The number of rotatable bonds is 5. The van der Waals surface area contributed by atoms with Gasteiger partial charge in [0.25, 0.3) is 5.91 Å². The molecule has 0 saturated carbocycles. The van der Waals surface area contributed by atoms with Gasteiger partial charge in [0.05, 0.1) is 13.7 Å². The zero-order chi connectivity index (χ0) is 16.9. The van der Waals surface area contributed by atoms with Gasteiger partial charge in [-0.1, -0.05) is 28.1 Å². The number of carbonyl (C=O) groups excluding carboxylic acids is 1. The number of ether oxygens (including phenoxy) is 1. The van der Waals surface area contributed by atoms with Crippen LogP contribution in [-0.4, -0.2) is 23.2 Å². The molecule has 0 aliphatic rings. The van der Waals surface area contributed by atoms with Gasteiger partial charge in [0.2, 0.25) is 11.8 Å². The van der Waals surface area contributed by atoms with Gasteiger partial charge in [-0.05, 0) is 36.4 Å². The number of hydrogen-bond donors (Lipinski definition) is 1. The smallest absolute Gasteiger partial charge is 0.251 e. The number of halogens is 1. The zero-order valence-electron chi connectivity index (χ0n) is 12.8. The second kappa shape index (κ2) is 7.27. The summed E-state index contributed by atoms with van der Waals surface area (Å²) in [5.74, 6) is 1.20. The van der Waals surface area contributed by atoms with Crippen LogP contribution in [0.1, 0.15) is 16.2 Å². The van der Waals surface area contributed by atoms with E-state index >= 15 is 0 Å². The van der Waals surface area contributed by atoms with Gasteiger partial charge < -0.3 is 14.5 Å². The summed E-state index contributed by atoms with van der Waals surface area (Å²) in [5, 5.41) is 10.7. The second-order valence-corrected chi connectivity index (χ2v) is 5.84. The van der Waals surface area contributed by atoms with Gasteiger partial charge in [0.1, 0.15) is 5.75 Å². The van der Waals surface area contributed by atoms with Gasteiger partial charge >= 0.3 is 0 Å². The second-order valence-electron chi connectivity index (χ2n) is 4.93. The van der Waals surface area contributed by atoms with Crippen LogP contribution < -0.4 is 10.1 Å². The third-order valence-electron chi connectivity index (χ3n) is 3.27. The third-order valence-corrected chi connectivity index (χ3v) is 3.76. The summed E-state index contributed by atoms with van der Waals surface area (Å²) < 4.78 is 11.6. The van der Waals surface area contributed by atoms with Crippen LogP contribution in [0.5, 0.6) is 5.75 Å². The van der Waals surface area contributed by atoms with Crippen molar-refractivity contribution in [3.8, 4) is 17.2 Å². The summed E-state index contributed by atoms with van der Waals surface area (Å²) in [6.07, 6.45) is 0. The lowest BCUT2D eigenvalue weighted by Gasteiger charge is -2.03. The lowest BCUT2D eigenvalue weighted by Crippen LogP contribution is -2.22. The Morgan fingerprint density at radius 2 is 2.04 bits per heavy atom. The summed E-state index contributed by atoms with van der Waals surface area (Å²) in [7, 11) is 1.59. The largest absolute Gasteiger partial charge is 0.497 e. The molecular weight excluding hydrogens is 374 g/mol. The van der Waals surface area contributed by atoms with Crippen LogP contribution in [0.25, 0.3) is 11.5 Å². The van der Waals surface area contributed by atoms with Crippen LogP contribution in [0.4, 0.5) is 0 Å².